The van der Waals surface area contributed by atoms with E-state index in [4.69, 9.17) is 0 Å². The molecule has 2 heterocycles. The van der Waals surface area contributed by atoms with Gasteiger partial charge in [0.15, 0.2) is 5.69 Å². The van der Waals surface area contributed by atoms with Gasteiger partial charge in [0, 0.05) is 25.5 Å². The van der Waals surface area contributed by atoms with Crippen LogP contribution in [0.4, 0.5) is 11.5 Å². The van der Waals surface area contributed by atoms with Gasteiger partial charge in [-0.05, 0) is 6.07 Å². The summed E-state index contributed by atoms with van der Waals surface area (Å²) in [5.74, 6) is 0.538. The molecular formula is C10H9N5O2. The zero-order chi connectivity index (χ0) is 12.3. The first-order chi connectivity index (χ1) is 8.22. The van der Waals surface area contributed by atoms with Crippen LogP contribution >= 0.6 is 0 Å². The molecule has 0 unspecified atom stereocenters. The number of hydrogen-bond acceptors (Lipinski definition) is 6. The number of nitrogens with one attached hydrogen (secondary N) is 1. The standard InChI is InChI=1S/C10H9N5O2/c1-11-9-3-2-8(15(16)17)10(14-9)7-6-12-4-5-13-7/h2-6H,1H3,(H,11,14). The van der Waals surface area contributed by atoms with E-state index in [0.717, 1.165) is 0 Å². The van der Waals surface area contributed by atoms with Crippen LogP contribution in [0.5, 0.6) is 0 Å². The van der Waals surface area contributed by atoms with Crippen LogP contribution in [0, 0.1) is 10.1 Å². The highest BCUT2D eigenvalue weighted by atomic mass is 16.6. The molecular weight excluding hydrogens is 222 g/mol. The van der Waals surface area contributed by atoms with Gasteiger partial charge < -0.3 is 5.32 Å². The second-order valence-corrected chi connectivity index (χ2v) is 3.16. The quantitative estimate of drug-likeness (QED) is 0.635. The van der Waals surface area contributed by atoms with Gasteiger partial charge in [0.25, 0.3) is 5.69 Å². The summed E-state index contributed by atoms with van der Waals surface area (Å²) in [5, 5.41) is 13.7. The number of pyridine rings is 1. The smallest absolute Gasteiger partial charge is 0.297 e. The van der Waals surface area contributed by atoms with Gasteiger partial charge in [-0.2, -0.15) is 0 Å². The first-order valence-corrected chi connectivity index (χ1v) is 4.82. The van der Waals surface area contributed by atoms with Crippen molar-refractivity contribution in [2.75, 3.05) is 12.4 Å². The van der Waals surface area contributed by atoms with Crippen molar-refractivity contribution in [1.82, 2.24) is 15.0 Å². The van der Waals surface area contributed by atoms with E-state index in [9.17, 15) is 10.1 Å². The minimum absolute atomic E-state index is 0.0931. The van der Waals surface area contributed by atoms with Crippen LogP contribution in [0.3, 0.4) is 0 Å². The third kappa shape index (κ3) is 2.17. The van der Waals surface area contributed by atoms with Crippen LogP contribution < -0.4 is 5.32 Å². The summed E-state index contributed by atoms with van der Waals surface area (Å²) in [7, 11) is 1.69. The van der Waals surface area contributed by atoms with E-state index in [1.807, 2.05) is 0 Å². The Hall–Kier alpha value is -2.57. The van der Waals surface area contributed by atoms with E-state index in [0.29, 0.717) is 11.5 Å². The van der Waals surface area contributed by atoms with Gasteiger partial charge in [0.2, 0.25) is 0 Å². The topological polar surface area (TPSA) is 93.8 Å². The molecule has 2 rings (SSSR count). The lowest BCUT2D eigenvalue weighted by Gasteiger charge is -2.04. The monoisotopic (exact) mass is 231 g/mol. The SMILES string of the molecule is CNc1ccc([N+](=O)[O-])c(-c2cnccn2)n1. The van der Waals surface area contributed by atoms with Crippen molar-refractivity contribution >= 4 is 11.5 Å². The molecule has 0 aliphatic heterocycles. The van der Waals surface area contributed by atoms with Gasteiger partial charge in [0.05, 0.1) is 11.1 Å². The van der Waals surface area contributed by atoms with Crippen molar-refractivity contribution in [3.8, 4) is 11.4 Å². The highest BCUT2D eigenvalue weighted by Gasteiger charge is 2.18. The molecule has 0 aliphatic rings. The molecule has 2 aromatic rings. The Morgan fingerprint density at radius 1 is 1.35 bits per heavy atom. The van der Waals surface area contributed by atoms with E-state index in [2.05, 4.69) is 20.3 Å². The van der Waals surface area contributed by atoms with Crippen LogP contribution in [0.15, 0.2) is 30.7 Å². The lowest BCUT2D eigenvalue weighted by atomic mass is 10.2. The number of rotatable bonds is 3. The third-order valence-corrected chi connectivity index (χ3v) is 2.13. The lowest BCUT2D eigenvalue weighted by Crippen LogP contribution is -2.00. The average Bonchev–Trinajstić information content (AvgIpc) is 2.39. The molecule has 0 aliphatic carbocycles. The van der Waals surface area contributed by atoms with Crippen molar-refractivity contribution in [2.24, 2.45) is 0 Å². The Bertz CT molecular complexity index is 544. The Kier molecular flexibility index (Phi) is 2.91. The van der Waals surface area contributed by atoms with Crippen LogP contribution in [0.2, 0.25) is 0 Å². The van der Waals surface area contributed by atoms with Crippen molar-refractivity contribution in [2.45, 2.75) is 0 Å². The van der Waals surface area contributed by atoms with E-state index < -0.39 is 4.92 Å². The first kappa shape index (κ1) is 10.9. The Labute approximate surface area is 96.7 Å². The normalized spacial score (nSPS) is 9.94. The molecule has 0 bridgehead atoms. The van der Waals surface area contributed by atoms with E-state index in [-0.39, 0.29) is 11.4 Å². The van der Waals surface area contributed by atoms with Gasteiger partial charge in [0.1, 0.15) is 11.5 Å². The Morgan fingerprint density at radius 2 is 2.18 bits per heavy atom. The molecule has 0 spiro atoms. The van der Waals surface area contributed by atoms with E-state index in [1.54, 1.807) is 7.05 Å². The second kappa shape index (κ2) is 4.52. The van der Waals surface area contributed by atoms with E-state index in [1.165, 1.54) is 30.7 Å². The van der Waals surface area contributed by atoms with Crippen LogP contribution in [0.25, 0.3) is 11.4 Å². The largest absolute Gasteiger partial charge is 0.373 e. The molecule has 0 amide bonds. The van der Waals surface area contributed by atoms with Crippen molar-refractivity contribution in [1.29, 1.82) is 0 Å². The van der Waals surface area contributed by atoms with Crippen molar-refractivity contribution < 1.29 is 4.92 Å². The van der Waals surface area contributed by atoms with Gasteiger partial charge >= 0.3 is 0 Å². The molecule has 2 aromatic heterocycles. The third-order valence-electron chi connectivity index (χ3n) is 2.13. The summed E-state index contributed by atoms with van der Waals surface area (Å²) < 4.78 is 0. The molecule has 0 aromatic carbocycles. The van der Waals surface area contributed by atoms with Gasteiger partial charge in [-0.15, -0.1) is 0 Å². The average molecular weight is 231 g/mol. The summed E-state index contributed by atoms with van der Waals surface area (Å²) in [4.78, 5) is 22.4. The molecule has 86 valence electrons. The molecule has 1 N–H and O–H groups in total. The summed E-state index contributed by atoms with van der Waals surface area (Å²) in [5.41, 5.74) is 0.482. The lowest BCUT2D eigenvalue weighted by molar-refractivity contribution is -0.384. The fraction of sp³-hybridized carbons (Fsp3) is 0.100. The molecule has 7 nitrogen and oxygen atoms in total. The molecule has 0 atom stereocenters. The summed E-state index contributed by atoms with van der Waals surface area (Å²) in [6.07, 6.45) is 4.40. The fourth-order valence-electron chi connectivity index (χ4n) is 1.35. The number of aromatic nitrogens is 3. The predicted octanol–water partition coefficient (Wildman–Crippen LogP) is 1.49. The van der Waals surface area contributed by atoms with Crippen LogP contribution in [0.1, 0.15) is 0 Å². The number of nitro groups is 1. The summed E-state index contributed by atoms with van der Waals surface area (Å²) in [6.45, 7) is 0. The summed E-state index contributed by atoms with van der Waals surface area (Å²) in [6, 6.07) is 2.93. The molecule has 0 radical (unpaired) electrons. The summed E-state index contributed by atoms with van der Waals surface area (Å²) >= 11 is 0. The van der Waals surface area contributed by atoms with E-state index >= 15 is 0 Å². The highest BCUT2D eigenvalue weighted by molar-refractivity contribution is 5.67. The second-order valence-electron chi connectivity index (χ2n) is 3.16. The number of anilines is 1. The fourth-order valence-corrected chi connectivity index (χ4v) is 1.35. The van der Waals surface area contributed by atoms with Gasteiger partial charge in [-0.1, -0.05) is 0 Å². The minimum atomic E-state index is -0.490. The van der Waals surface area contributed by atoms with Crippen LogP contribution in [-0.2, 0) is 0 Å². The number of hydrogen-bond donors (Lipinski definition) is 1. The van der Waals surface area contributed by atoms with Crippen molar-refractivity contribution in [3.63, 3.8) is 0 Å². The predicted molar refractivity (Wildman–Crippen MR) is 61.5 cm³/mol. The zero-order valence-electron chi connectivity index (χ0n) is 8.99. The van der Waals surface area contributed by atoms with Crippen molar-refractivity contribution in [3.05, 3.63) is 40.8 Å². The Balaban J connectivity index is 2.61. The highest BCUT2D eigenvalue weighted by Crippen LogP contribution is 2.27. The number of nitrogens with zero attached hydrogens (tertiary/aromatic N) is 4. The molecule has 0 saturated carbocycles. The Morgan fingerprint density at radius 3 is 2.76 bits per heavy atom. The first-order valence-electron chi connectivity index (χ1n) is 4.82. The molecule has 7 heteroatoms. The maximum Gasteiger partial charge on any atom is 0.297 e. The van der Waals surface area contributed by atoms with Crippen LogP contribution in [-0.4, -0.2) is 26.9 Å². The molecule has 0 fully saturated rings. The minimum Gasteiger partial charge on any atom is -0.373 e. The van der Waals surface area contributed by atoms with Gasteiger partial charge in [-0.3, -0.25) is 20.1 Å². The molecule has 17 heavy (non-hydrogen) atoms. The molecule has 0 saturated heterocycles. The maximum atomic E-state index is 10.9. The zero-order valence-corrected chi connectivity index (χ0v) is 8.99. The maximum absolute atomic E-state index is 10.9. The van der Waals surface area contributed by atoms with Gasteiger partial charge in [-0.25, -0.2) is 4.98 Å².